The summed E-state index contributed by atoms with van der Waals surface area (Å²) in [7, 11) is 0. The molecule has 0 radical (unpaired) electrons. The SMILES string of the molecule is Cc1ccc(-c2cscc2-c2ccc(F)cc2C)cc1. The molecule has 3 aromatic rings. The highest BCUT2D eigenvalue weighted by Gasteiger charge is 2.11. The molecule has 0 aliphatic rings. The van der Waals surface area contributed by atoms with Crippen LogP contribution in [0.4, 0.5) is 4.39 Å². The van der Waals surface area contributed by atoms with Gasteiger partial charge in [0.25, 0.3) is 0 Å². The molecule has 0 aliphatic heterocycles. The summed E-state index contributed by atoms with van der Waals surface area (Å²) in [5.41, 5.74) is 6.92. The van der Waals surface area contributed by atoms with Gasteiger partial charge in [-0.15, -0.1) is 0 Å². The molecule has 0 amide bonds. The number of hydrogen-bond donors (Lipinski definition) is 0. The molecule has 0 saturated heterocycles. The first-order valence-electron chi connectivity index (χ1n) is 6.55. The Balaban J connectivity index is 2.12. The van der Waals surface area contributed by atoms with Crippen LogP contribution in [-0.2, 0) is 0 Å². The molecule has 0 unspecified atom stereocenters. The molecule has 1 heterocycles. The van der Waals surface area contributed by atoms with Crippen molar-refractivity contribution in [3.05, 3.63) is 70.2 Å². The van der Waals surface area contributed by atoms with Gasteiger partial charge in [-0.1, -0.05) is 35.9 Å². The van der Waals surface area contributed by atoms with E-state index in [1.807, 2.05) is 13.0 Å². The van der Waals surface area contributed by atoms with E-state index < -0.39 is 0 Å². The Hall–Kier alpha value is -1.93. The second-order valence-electron chi connectivity index (χ2n) is 5.02. The van der Waals surface area contributed by atoms with E-state index in [-0.39, 0.29) is 5.82 Å². The van der Waals surface area contributed by atoms with Gasteiger partial charge in [0.15, 0.2) is 0 Å². The third kappa shape index (κ3) is 2.39. The summed E-state index contributed by atoms with van der Waals surface area (Å²) in [6, 6.07) is 13.5. The Morgan fingerprint density at radius 1 is 0.800 bits per heavy atom. The molecule has 0 N–H and O–H groups in total. The summed E-state index contributed by atoms with van der Waals surface area (Å²) in [6.07, 6.45) is 0. The Labute approximate surface area is 122 Å². The first kappa shape index (κ1) is 13.1. The van der Waals surface area contributed by atoms with Crippen molar-refractivity contribution >= 4 is 11.3 Å². The van der Waals surface area contributed by atoms with Crippen LogP contribution < -0.4 is 0 Å². The normalized spacial score (nSPS) is 10.8. The van der Waals surface area contributed by atoms with Gasteiger partial charge in [-0.3, -0.25) is 0 Å². The lowest BCUT2D eigenvalue weighted by Crippen LogP contribution is -1.86. The predicted octanol–water partition coefficient (Wildman–Crippen LogP) is 5.84. The molecule has 0 aliphatic carbocycles. The average molecular weight is 282 g/mol. The molecular weight excluding hydrogens is 267 g/mol. The van der Waals surface area contributed by atoms with E-state index in [9.17, 15) is 4.39 Å². The zero-order valence-electron chi connectivity index (χ0n) is 11.5. The van der Waals surface area contributed by atoms with E-state index in [0.717, 1.165) is 11.1 Å². The van der Waals surface area contributed by atoms with Crippen molar-refractivity contribution in [1.29, 1.82) is 0 Å². The monoisotopic (exact) mass is 282 g/mol. The van der Waals surface area contributed by atoms with Gasteiger partial charge >= 0.3 is 0 Å². The van der Waals surface area contributed by atoms with Crippen molar-refractivity contribution in [1.82, 2.24) is 0 Å². The van der Waals surface area contributed by atoms with Gasteiger partial charge < -0.3 is 0 Å². The Morgan fingerprint density at radius 2 is 1.50 bits per heavy atom. The lowest BCUT2D eigenvalue weighted by Gasteiger charge is -2.08. The third-order valence-corrected chi connectivity index (χ3v) is 4.25. The van der Waals surface area contributed by atoms with E-state index in [2.05, 4.69) is 41.9 Å². The van der Waals surface area contributed by atoms with Crippen LogP contribution in [0.15, 0.2) is 53.2 Å². The van der Waals surface area contributed by atoms with E-state index in [1.54, 1.807) is 17.4 Å². The van der Waals surface area contributed by atoms with E-state index in [1.165, 1.54) is 28.3 Å². The highest BCUT2D eigenvalue weighted by molar-refractivity contribution is 7.08. The van der Waals surface area contributed by atoms with E-state index >= 15 is 0 Å². The zero-order valence-corrected chi connectivity index (χ0v) is 12.3. The third-order valence-electron chi connectivity index (χ3n) is 3.50. The maximum atomic E-state index is 13.3. The number of rotatable bonds is 2. The number of halogens is 1. The van der Waals surface area contributed by atoms with E-state index in [4.69, 9.17) is 0 Å². The molecule has 0 fully saturated rings. The van der Waals surface area contributed by atoms with Crippen molar-refractivity contribution in [2.45, 2.75) is 13.8 Å². The second kappa shape index (κ2) is 5.22. The quantitative estimate of drug-likeness (QED) is 0.554. The molecule has 0 spiro atoms. The molecule has 0 saturated carbocycles. The molecular formula is C18H15FS. The summed E-state index contributed by atoms with van der Waals surface area (Å²) in [4.78, 5) is 0. The fourth-order valence-corrected chi connectivity index (χ4v) is 3.25. The number of benzene rings is 2. The minimum Gasteiger partial charge on any atom is -0.207 e. The van der Waals surface area contributed by atoms with Gasteiger partial charge in [0.1, 0.15) is 5.82 Å². The number of hydrogen-bond acceptors (Lipinski definition) is 1. The second-order valence-corrected chi connectivity index (χ2v) is 5.77. The van der Waals surface area contributed by atoms with Crippen molar-refractivity contribution < 1.29 is 4.39 Å². The molecule has 0 atom stereocenters. The predicted molar refractivity (Wildman–Crippen MR) is 84.6 cm³/mol. The average Bonchev–Trinajstić information content (AvgIpc) is 2.88. The molecule has 20 heavy (non-hydrogen) atoms. The van der Waals surface area contributed by atoms with Crippen LogP contribution in [0, 0.1) is 19.7 Å². The van der Waals surface area contributed by atoms with Crippen molar-refractivity contribution in [2.24, 2.45) is 0 Å². The first-order chi connectivity index (χ1) is 9.65. The zero-order chi connectivity index (χ0) is 14.1. The lowest BCUT2D eigenvalue weighted by molar-refractivity contribution is 0.627. The van der Waals surface area contributed by atoms with Crippen LogP contribution in [0.1, 0.15) is 11.1 Å². The summed E-state index contributed by atoms with van der Waals surface area (Å²) in [6.45, 7) is 4.04. The van der Waals surface area contributed by atoms with Gasteiger partial charge in [0.2, 0.25) is 0 Å². The van der Waals surface area contributed by atoms with Crippen LogP contribution in [0.5, 0.6) is 0 Å². The molecule has 0 bridgehead atoms. The minimum absolute atomic E-state index is 0.182. The summed E-state index contributed by atoms with van der Waals surface area (Å²) < 4.78 is 13.3. The van der Waals surface area contributed by atoms with Gasteiger partial charge in [-0.05, 0) is 53.4 Å². The topological polar surface area (TPSA) is 0 Å². The lowest BCUT2D eigenvalue weighted by atomic mass is 9.95. The number of aryl methyl sites for hydroxylation is 2. The molecule has 3 rings (SSSR count). The molecule has 2 heteroatoms. The van der Waals surface area contributed by atoms with Gasteiger partial charge in [-0.2, -0.15) is 11.3 Å². The molecule has 0 nitrogen and oxygen atoms in total. The Morgan fingerprint density at radius 3 is 2.20 bits per heavy atom. The van der Waals surface area contributed by atoms with Gasteiger partial charge in [0.05, 0.1) is 0 Å². The Kier molecular flexibility index (Phi) is 3.41. The standard InChI is InChI=1S/C18H15FS/c1-12-3-5-14(6-4-12)17-10-20-11-18(17)16-8-7-15(19)9-13(16)2/h3-11H,1-2H3. The fraction of sp³-hybridized carbons (Fsp3) is 0.111. The maximum absolute atomic E-state index is 13.3. The smallest absolute Gasteiger partial charge is 0.123 e. The molecule has 1 aromatic heterocycles. The number of thiophene rings is 1. The van der Waals surface area contributed by atoms with Gasteiger partial charge in [0, 0.05) is 11.1 Å². The van der Waals surface area contributed by atoms with Crippen molar-refractivity contribution in [3.63, 3.8) is 0 Å². The van der Waals surface area contributed by atoms with Crippen LogP contribution in [0.2, 0.25) is 0 Å². The molecule has 100 valence electrons. The minimum atomic E-state index is -0.182. The van der Waals surface area contributed by atoms with Crippen LogP contribution in [0.25, 0.3) is 22.3 Å². The highest BCUT2D eigenvalue weighted by Crippen LogP contribution is 2.36. The summed E-state index contributed by atoms with van der Waals surface area (Å²) in [5.74, 6) is -0.182. The van der Waals surface area contributed by atoms with Crippen LogP contribution in [0.3, 0.4) is 0 Å². The van der Waals surface area contributed by atoms with E-state index in [0.29, 0.717) is 0 Å². The van der Waals surface area contributed by atoms with Crippen LogP contribution in [-0.4, -0.2) is 0 Å². The van der Waals surface area contributed by atoms with Crippen molar-refractivity contribution in [3.8, 4) is 22.3 Å². The Bertz CT molecular complexity index is 738. The largest absolute Gasteiger partial charge is 0.207 e. The fourth-order valence-electron chi connectivity index (χ4n) is 2.39. The summed E-state index contributed by atoms with van der Waals surface area (Å²) in [5, 5.41) is 4.29. The van der Waals surface area contributed by atoms with Gasteiger partial charge in [-0.25, -0.2) is 4.39 Å². The molecule has 2 aromatic carbocycles. The highest BCUT2D eigenvalue weighted by atomic mass is 32.1. The van der Waals surface area contributed by atoms with Crippen LogP contribution >= 0.6 is 11.3 Å². The van der Waals surface area contributed by atoms with Crippen molar-refractivity contribution in [2.75, 3.05) is 0 Å². The maximum Gasteiger partial charge on any atom is 0.123 e. The first-order valence-corrected chi connectivity index (χ1v) is 7.49. The summed E-state index contributed by atoms with van der Waals surface area (Å²) >= 11 is 1.68.